The number of benzene rings is 1. The number of carbonyl (C=O) groups excluding carboxylic acids is 1. The lowest BCUT2D eigenvalue weighted by Crippen LogP contribution is -2.45. The van der Waals surface area contributed by atoms with E-state index in [4.69, 9.17) is 5.11 Å². The minimum atomic E-state index is -0.197. The molecular weight excluding hydrogens is 302 g/mol. The molecular formula is C19H25N3O2. The van der Waals surface area contributed by atoms with E-state index in [1.54, 1.807) is 0 Å². The minimum Gasteiger partial charge on any atom is -0.394 e. The molecule has 128 valence electrons. The van der Waals surface area contributed by atoms with Gasteiger partial charge in [-0.2, -0.15) is 0 Å². The van der Waals surface area contributed by atoms with Crippen LogP contribution >= 0.6 is 0 Å². The molecule has 24 heavy (non-hydrogen) atoms. The Kier molecular flexibility index (Phi) is 3.85. The van der Waals surface area contributed by atoms with Crippen LogP contribution in [0.2, 0.25) is 0 Å². The highest BCUT2D eigenvalue weighted by Crippen LogP contribution is 2.48. The van der Waals surface area contributed by atoms with Gasteiger partial charge in [0.05, 0.1) is 18.6 Å². The molecule has 5 heteroatoms. The first-order valence-electron chi connectivity index (χ1n) is 8.82. The van der Waals surface area contributed by atoms with Gasteiger partial charge >= 0.3 is 0 Å². The average molecular weight is 327 g/mol. The van der Waals surface area contributed by atoms with Gasteiger partial charge in [0.25, 0.3) is 0 Å². The normalized spacial score (nSPS) is 29.1. The van der Waals surface area contributed by atoms with E-state index in [-0.39, 0.29) is 24.5 Å². The number of hydrogen-bond acceptors (Lipinski definition) is 4. The van der Waals surface area contributed by atoms with Gasteiger partial charge < -0.3 is 15.7 Å². The summed E-state index contributed by atoms with van der Waals surface area (Å²) in [7, 11) is 2.20. The lowest BCUT2D eigenvalue weighted by Gasteiger charge is -2.43. The Bertz CT molecular complexity index is 700. The summed E-state index contributed by atoms with van der Waals surface area (Å²) in [5.74, 6) is -0.0848. The molecule has 3 N–H and O–H groups in total. The summed E-state index contributed by atoms with van der Waals surface area (Å²) in [5.41, 5.74) is 5.20. The maximum Gasteiger partial charge on any atom is 0.227 e. The second-order valence-corrected chi connectivity index (χ2v) is 7.24. The third-order valence-electron chi connectivity index (χ3n) is 5.71. The standard InChI is InChI=1S/C19H25N3O2/c1-11(10-23)21-19(24)12-6-7-16-14(8-12)13-4-3-5-15-18(13)17(9-20-15)22(16)2/h3-5,8,11-12,16-17,20,23H,6-7,9-10H2,1-2H3,(H,21,24). The fraction of sp³-hybridized carbons (Fsp3) is 0.526. The molecule has 0 spiro atoms. The fourth-order valence-electron chi connectivity index (χ4n) is 4.40. The predicted octanol–water partition coefficient (Wildman–Crippen LogP) is 1.76. The lowest BCUT2D eigenvalue weighted by molar-refractivity contribution is -0.124. The molecule has 1 aliphatic carbocycles. The number of nitrogens with one attached hydrogen (secondary N) is 2. The SMILES string of the molecule is CC(CO)NC(=O)C1C=C2c3cccc4c3C(CN4)N(C)C2CC1. The van der Waals surface area contributed by atoms with Crippen molar-refractivity contribution in [1.29, 1.82) is 0 Å². The van der Waals surface area contributed by atoms with Crippen molar-refractivity contribution < 1.29 is 9.90 Å². The third kappa shape index (κ3) is 2.34. The summed E-state index contributed by atoms with van der Waals surface area (Å²) in [6.45, 7) is 2.76. The van der Waals surface area contributed by atoms with E-state index < -0.39 is 0 Å². The van der Waals surface area contributed by atoms with Crippen molar-refractivity contribution in [3.8, 4) is 0 Å². The third-order valence-corrected chi connectivity index (χ3v) is 5.71. The summed E-state index contributed by atoms with van der Waals surface area (Å²) >= 11 is 0. The lowest BCUT2D eigenvalue weighted by atomic mass is 9.77. The fourth-order valence-corrected chi connectivity index (χ4v) is 4.40. The van der Waals surface area contributed by atoms with Crippen molar-refractivity contribution in [3.05, 3.63) is 35.4 Å². The highest BCUT2D eigenvalue weighted by atomic mass is 16.3. The van der Waals surface area contributed by atoms with Gasteiger partial charge in [-0.05, 0) is 44.0 Å². The molecule has 0 fully saturated rings. The summed E-state index contributed by atoms with van der Waals surface area (Å²) in [5, 5.41) is 15.6. The van der Waals surface area contributed by atoms with Gasteiger partial charge in [-0.15, -0.1) is 0 Å². The van der Waals surface area contributed by atoms with Crippen LogP contribution in [0.4, 0.5) is 5.69 Å². The molecule has 1 aromatic carbocycles. The number of fused-ring (bicyclic) bond motifs is 2. The summed E-state index contributed by atoms with van der Waals surface area (Å²) in [6.07, 6.45) is 4.01. The van der Waals surface area contributed by atoms with Crippen molar-refractivity contribution in [2.45, 2.75) is 37.9 Å². The number of carbonyl (C=O) groups is 1. The van der Waals surface area contributed by atoms with Crippen LogP contribution < -0.4 is 10.6 Å². The van der Waals surface area contributed by atoms with E-state index in [1.807, 2.05) is 6.92 Å². The van der Waals surface area contributed by atoms with Gasteiger partial charge in [0.15, 0.2) is 0 Å². The number of hydrogen-bond donors (Lipinski definition) is 3. The van der Waals surface area contributed by atoms with Crippen molar-refractivity contribution in [3.63, 3.8) is 0 Å². The number of anilines is 1. The Morgan fingerprint density at radius 2 is 2.25 bits per heavy atom. The van der Waals surface area contributed by atoms with Crippen LogP contribution in [-0.2, 0) is 4.79 Å². The van der Waals surface area contributed by atoms with E-state index in [0.29, 0.717) is 12.1 Å². The van der Waals surface area contributed by atoms with E-state index in [0.717, 1.165) is 19.4 Å². The summed E-state index contributed by atoms with van der Waals surface area (Å²) in [4.78, 5) is 14.9. The number of nitrogens with zero attached hydrogens (tertiary/aromatic N) is 1. The topological polar surface area (TPSA) is 64.6 Å². The number of aliphatic hydroxyl groups excluding tert-OH is 1. The number of likely N-dealkylation sites (N-methyl/N-ethyl adjacent to an activating group) is 1. The quantitative estimate of drug-likeness (QED) is 0.791. The van der Waals surface area contributed by atoms with Crippen LogP contribution in [-0.4, -0.2) is 48.2 Å². The molecule has 2 heterocycles. The van der Waals surface area contributed by atoms with Crippen molar-refractivity contribution in [2.24, 2.45) is 5.92 Å². The Balaban J connectivity index is 1.70. The van der Waals surface area contributed by atoms with Crippen molar-refractivity contribution in [2.75, 3.05) is 25.5 Å². The van der Waals surface area contributed by atoms with Gasteiger partial charge in [0.2, 0.25) is 5.91 Å². The van der Waals surface area contributed by atoms with Crippen LogP contribution in [0.5, 0.6) is 0 Å². The van der Waals surface area contributed by atoms with Gasteiger partial charge in [-0.1, -0.05) is 18.2 Å². The zero-order valence-corrected chi connectivity index (χ0v) is 14.2. The van der Waals surface area contributed by atoms with Gasteiger partial charge in [0.1, 0.15) is 0 Å². The minimum absolute atomic E-state index is 0.0259. The molecule has 0 saturated heterocycles. The molecule has 4 rings (SSSR count). The van der Waals surface area contributed by atoms with Crippen molar-refractivity contribution >= 4 is 17.2 Å². The first-order valence-corrected chi connectivity index (χ1v) is 8.82. The average Bonchev–Trinajstić information content (AvgIpc) is 3.04. The largest absolute Gasteiger partial charge is 0.394 e. The second kappa shape index (κ2) is 5.90. The maximum absolute atomic E-state index is 12.5. The Morgan fingerprint density at radius 1 is 1.42 bits per heavy atom. The molecule has 0 aromatic heterocycles. The van der Waals surface area contributed by atoms with Gasteiger partial charge in [-0.3, -0.25) is 9.69 Å². The van der Waals surface area contributed by atoms with Crippen LogP contribution in [0, 0.1) is 5.92 Å². The molecule has 2 aliphatic heterocycles. The zero-order valence-electron chi connectivity index (χ0n) is 14.2. The van der Waals surface area contributed by atoms with E-state index in [9.17, 15) is 4.79 Å². The predicted molar refractivity (Wildman–Crippen MR) is 94.6 cm³/mol. The second-order valence-electron chi connectivity index (χ2n) is 7.24. The van der Waals surface area contributed by atoms with Gasteiger partial charge in [0, 0.05) is 29.9 Å². The Morgan fingerprint density at radius 3 is 3.04 bits per heavy atom. The monoisotopic (exact) mass is 327 g/mol. The van der Waals surface area contributed by atoms with E-state index >= 15 is 0 Å². The first-order chi connectivity index (χ1) is 11.6. The number of rotatable bonds is 3. The number of amides is 1. The summed E-state index contributed by atoms with van der Waals surface area (Å²) < 4.78 is 0. The molecule has 3 aliphatic rings. The van der Waals surface area contributed by atoms with Crippen molar-refractivity contribution in [1.82, 2.24) is 10.2 Å². The molecule has 4 atom stereocenters. The first kappa shape index (κ1) is 15.7. The highest BCUT2D eigenvalue weighted by molar-refractivity contribution is 5.87. The Labute approximate surface area is 142 Å². The highest BCUT2D eigenvalue weighted by Gasteiger charge is 2.41. The molecule has 1 amide bonds. The Hall–Kier alpha value is -1.85. The smallest absolute Gasteiger partial charge is 0.227 e. The van der Waals surface area contributed by atoms with Crippen LogP contribution in [0.3, 0.4) is 0 Å². The molecule has 1 aromatic rings. The maximum atomic E-state index is 12.5. The molecule has 0 bridgehead atoms. The van der Waals surface area contributed by atoms with E-state index in [1.165, 1.54) is 22.4 Å². The zero-order chi connectivity index (χ0) is 16.8. The van der Waals surface area contributed by atoms with Crippen LogP contribution in [0.25, 0.3) is 5.57 Å². The summed E-state index contributed by atoms with van der Waals surface area (Å²) in [6, 6.07) is 7.06. The molecule has 5 nitrogen and oxygen atoms in total. The van der Waals surface area contributed by atoms with Crippen LogP contribution in [0.1, 0.15) is 36.9 Å². The molecule has 4 unspecified atom stereocenters. The molecule has 0 radical (unpaired) electrons. The van der Waals surface area contributed by atoms with Gasteiger partial charge in [-0.25, -0.2) is 0 Å². The number of aliphatic hydroxyl groups is 1. The van der Waals surface area contributed by atoms with Crippen LogP contribution in [0.15, 0.2) is 24.3 Å². The van der Waals surface area contributed by atoms with E-state index in [2.05, 4.69) is 46.9 Å². The molecule has 0 saturated carbocycles.